The smallest absolute Gasteiger partial charge is 0.0533 e. The summed E-state index contributed by atoms with van der Waals surface area (Å²) in [5.74, 6) is 0. The van der Waals surface area contributed by atoms with Gasteiger partial charge in [0.1, 0.15) is 0 Å². The highest BCUT2D eigenvalue weighted by Crippen LogP contribution is 2.16. The van der Waals surface area contributed by atoms with E-state index in [4.69, 9.17) is 0 Å². The average Bonchev–Trinajstić information content (AvgIpc) is 2.22. The molecule has 1 saturated carbocycles. The Morgan fingerprint density at radius 1 is 0.143 bits per heavy atom. The molecule has 0 aromatic carbocycles. The molecule has 0 radical (unpaired) electrons. The van der Waals surface area contributed by atoms with Crippen molar-refractivity contribution in [3.63, 3.8) is 0 Å². The minimum absolute atomic E-state index is 1.50. The van der Waals surface area contributed by atoms with Crippen molar-refractivity contribution in [2.24, 2.45) is 0 Å². The van der Waals surface area contributed by atoms with Crippen LogP contribution in [-0.4, -0.2) is 0 Å². The Kier molecular flexibility index (Phi) is 8.24. The largest absolute Gasteiger partial charge is 0.0533 e. The molecule has 0 heterocycles. The van der Waals surface area contributed by atoms with Gasteiger partial charge in [0.05, 0.1) is 0 Å². The van der Waals surface area contributed by atoms with Crippen molar-refractivity contribution in [2.75, 3.05) is 0 Å². The lowest BCUT2D eigenvalue weighted by Gasteiger charge is -2.05. The van der Waals surface area contributed by atoms with E-state index in [0.29, 0.717) is 0 Å². The summed E-state index contributed by atoms with van der Waals surface area (Å²) < 4.78 is 0. The Labute approximate surface area is 90.5 Å². The van der Waals surface area contributed by atoms with E-state index in [-0.39, 0.29) is 0 Å². The monoisotopic (exact) mass is 196 g/mol. The van der Waals surface area contributed by atoms with Gasteiger partial charge in [-0.25, -0.2) is 0 Å². The zero-order chi connectivity index (χ0) is 9.90. The van der Waals surface area contributed by atoms with Gasteiger partial charge in [-0.2, -0.15) is 0 Å². The first-order valence-electron chi connectivity index (χ1n) is 7.00. The standard InChI is InChI=1S/C14H28/c1-2-4-6-8-10-12-14-13-11-9-7-5-3-1/h1-14H2. The lowest BCUT2D eigenvalue weighted by molar-refractivity contribution is 0.504. The fraction of sp³-hybridized carbons (Fsp3) is 1.00. The Bertz CT molecular complexity index is 53.3. The maximum absolute atomic E-state index is 1.50. The van der Waals surface area contributed by atoms with E-state index in [9.17, 15) is 0 Å². The van der Waals surface area contributed by atoms with Crippen LogP contribution in [0.25, 0.3) is 0 Å². The molecule has 0 aromatic heterocycles. The van der Waals surface area contributed by atoms with Crippen LogP contribution in [0.3, 0.4) is 0 Å². The molecule has 0 saturated heterocycles. The van der Waals surface area contributed by atoms with Crippen LogP contribution >= 0.6 is 0 Å². The van der Waals surface area contributed by atoms with Crippen LogP contribution in [0.2, 0.25) is 0 Å². The van der Waals surface area contributed by atoms with Crippen molar-refractivity contribution in [1.29, 1.82) is 0 Å². The quantitative estimate of drug-likeness (QED) is 0.482. The van der Waals surface area contributed by atoms with Crippen LogP contribution in [0.15, 0.2) is 0 Å². The Balaban J connectivity index is 2.00. The molecule has 0 unspecified atom stereocenters. The van der Waals surface area contributed by atoms with Crippen molar-refractivity contribution < 1.29 is 0 Å². The molecule has 0 heteroatoms. The lowest BCUT2D eigenvalue weighted by atomic mass is 10.0. The Hall–Kier alpha value is 0. The van der Waals surface area contributed by atoms with Crippen LogP contribution in [0.4, 0.5) is 0 Å². The summed E-state index contributed by atoms with van der Waals surface area (Å²) in [5.41, 5.74) is 0. The third kappa shape index (κ3) is 7.41. The summed E-state index contributed by atoms with van der Waals surface area (Å²) in [6.07, 6.45) is 21.0. The van der Waals surface area contributed by atoms with Crippen molar-refractivity contribution in [3.8, 4) is 0 Å². The van der Waals surface area contributed by atoms with Crippen molar-refractivity contribution in [2.45, 2.75) is 89.9 Å². The molecule has 84 valence electrons. The minimum atomic E-state index is 1.50. The van der Waals surface area contributed by atoms with Gasteiger partial charge in [-0.1, -0.05) is 89.9 Å². The average molecular weight is 196 g/mol. The van der Waals surface area contributed by atoms with Crippen LogP contribution in [-0.2, 0) is 0 Å². The first kappa shape index (κ1) is 12.1. The van der Waals surface area contributed by atoms with Crippen LogP contribution < -0.4 is 0 Å². The second kappa shape index (κ2) is 9.55. The van der Waals surface area contributed by atoms with Crippen LogP contribution in [0, 0.1) is 0 Å². The predicted octanol–water partition coefficient (Wildman–Crippen LogP) is 5.46. The number of hydrogen-bond donors (Lipinski definition) is 0. The van der Waals surface area contributed by atoms with Gasteiger partial charge in [0.15, 0.2) is 0 Å². The summed E-state index contributed by atoms with van der Waals surface area (Å²) >= 11 is 0. The molecule has 0 N–H and O–H groups in total. The Morgan fingerprint density at radius 3 is 0.286 bits per heavy atom. The summed E-state index contributed by atoms with van der Waals surface area (Å²) in [6.45, 7) is 0. The molecule has 1 fully saturated rings. The SMILES string of the molecule is C1CCCCCCCCCCCCC1. The zero-order valence-corrected chi connectivity index (χ0v) is 9.90. The van der Waals surface area contributed by atoms with Gasteiger partial charge >= 0.3 is 0 Å². The fourth-order valence-corrected chi connectivity index (χ4v) is 2.47. The highest BCUT2D eigenvalue weighted by molar-refractivity contribution is 4.51. The van der Waals surface area contributed by atoms with E-state index in [0.717, 1.165) is 0 Å². The maximum Gasteiger partial charge on any atom is -0.0533 e. The fourth-order valence-electron chi connectivity index (χ4n) is 2.47. The van der Waals surface area contributed by atoms with Crippen LogP contribution in [0.5, 0.6) is 0 Å². The highest BCUT2D eigenvalue weighted by atomic mass is 14.0. The summed E-state index contributed by atoms with van der Waals surface area (Å²) in [7, 11) is 0. The topological polar surface area (TPSA) is 0 Å². The first-order valence-corrected chi connectivity index (χ1v) is 7.00. The van der Waals surface area contributed by atoms with Gasteiger partial charge in [-0.05, 0) is 0 Å². The second-order valence-corrected chi connectivity index (χ2v) is 4.95. The molecule has 0 amide bonds. The summed E-state index contributed by atoms with van der Waals surface area (Å²) in [6, 6.07) is 0. The molecule has 0 aromatic rings. The molecule has 0 nitrogen and oxygen atoms in total. The molecule has 1 rings (SSSR count). The van der Waals surface area contributed by atoms with Gasteiger partial charge in [0.25, 0.3) is 0 Å². The number of hydrogen-bond acceptors (Lipinski definition) is 0. The van der Waals surface area contributed by atoms with E-state index in [1.54, 1.807) is 0 Å². The summed E-state index contributed by atoms with van der Waals surface area (Å²) in [5, 5.41) is 0. The predicted molar refractivity (Wildman–Crippen MR) is 64.6 cm³/mol. The molecular formula is C14H28. The van der Waals surface area contributed by atoms with Gasteiger partial charge in [-0.15, -0.1) is 0 Å². The lowest BCUT2D eigenvalue weighted by Crippen LogP contribution is -1.85. The minimum Gasteiger partial charge on any atom is -0.0533 e. The maximum atomic E-state index is 1.50. The van der Waals surface area contributed by atoms with E-state index < -0.39 is 0 Å². The molecule has 1 aliphatic carbocycles. The highest BCUT2D eigenvalue weighted by Gasteiger charge is 1.96. The second-order valence-electron chi connectivity index (χ2n) is 4.95. The Morgan fingerprint density at radius 2 is 0.214 bits per heavy atom. The summed E-state index contributed by atoms with van der Waals surface area (Å²) in [4.78, 5) is 0. The van der Waals surface area contributed by atoms with Crippen molar-refractivity contribution in [1.82, 2.24) is 0 Å². The van der Waals surface area contributed by atoms with Crippen LogP contribution in [0.1, 0.15) is 89.9 Å². The molecule has 0 spiro atoms. The van der Waals surface area contributed by atoms with Gasteiger partial charge in [-0.3, -0.25) is 0 Å². The van der Waals surface area contributed by atoms with E-state index >= 15 is 0 Å². The van der Waals surface area contributed by atoms with E-state index in [2.05, 4.69) is 0 Å². The molecule has 1 aliphatic rings. The zero-order valence-electron chi connectivity index (χ0n) is 9.90. The van der Waals surface area contributed by atoms with Crippen molar-refractivity contribution >= 4 is 0 Å². The van der Waals surface area contributed by atoms with Gasteiger partial charge in [0.2, 0.25) is 0 Å². The molecule has 14 heavy (non-hydrogen) atoms. The third-order valence-electron chi connectivity index (χ3n) is 3.50. The molecule has 0 aliphatic heterocycles. The third-order valence-corrected chi connectivity index (χ3v) is 3.50. The number of rotatable bonds is 0. The van der Waals surface area contributed by atoms with Gasteiger partial charge < -0.3 is 0 Å². The molecular weight excluding hydrogens is 168 g/mol. The van der Waals surface area contributed by atoms with E-state index in [1.165, 1.54) is 89.9 Å². The molecule has 0 atom stereocenters. The van der Waals surface area contributed by atoms with Crippen molar-refractivity contribution in [3.05, 3.63) is 0 Å². The van der Waals surface area contributed by atoms with Gasteiger partial charge in [0, 0.05) is 0 Å². The molecule has 0 bridgehead atoms. The first-order chi connectivity index (χ1) is 7.00. The van der Waals surface area contributed by atoms with E-state index in [1.807, 2.05) is 0 Å². The normalized spacial score (nSPS) is 24.0.